The number of carboxylic acids is 1. The number of hydrogen-bond acceptors (Lipinski definition) is 5. The molecule has 0 saturated carbocycles. The van der Waals surface area contributed by atoms with E-state index in [-0.39, 0.29) is 17.0 Å². The summed E-state index contributed by atoms with van der Waals surface area (Å²) in [7, 11) is 0. The van der Waals surface area contributed by atoms with Crippen LogP contribution < -0.4 is 0 Å². The number of fused-ring (bicyclic) bond motifs is 1. The van der Waals surface area contributed by atoms with Crippen LogP contribution in [0.4, 0.5) is 0 Å². The summed E-state index contributed by atoms with van der Waals surface area (Å²) in [6.45, 7) is 1.52. The highest BCUT2D eigenvalue weighted by atomic mass is 35.5. The van der Waals surface area contributed by atoms with Gasteiger partial charge in [0, 0.05) is 29.8 Å². The number of halogens is 1. The first-order valence-electron chi connectivity index (χ1n) is 12.2. The quantitative estimate of drug-likeness (QED) is 0.211. The zero-order valence-corrected chi connectivity index (χ0v) is 20.6. The van der Waals surface area contributed by atoms with Crippen LogP contribution in [0.3, 0.4) is 0 Å². The SMILES string of the molecule is O=C(O)c1cc(-c2ccc(-c3ccc(CCCOC4CCCCO4)cc3)cc2)nc2cc(Cl)ncc12. The lowest BCUT2D eigenvalue weighted by molar-refractivity contribution is -0.162. The van der Waals surface area contributed by atoms with Crippen molar-refractivity contribution in [1.82, 2.24) is 9.97 Å². The van der Waals surface area contributed by atoms with E-state index in [1.54, 1.807) is 12.1 Å². The lowest BCUT2D eigenvalue weighted by Gasteiger charge is -2.22. The third kappa shape index (κ3) is 5.73. The molecular weight excluding hydrogens is 476 g/mol. The molecule has 0 amide bonds. The lowest BCUT2D eigenvalue weighted by atomic mass is 9.99. The Morgan fingerprint density at radius 1 is 1.03 bits per heavy atom. The standard InChI is InChI=1S/C29H27ClN2O4/c30-27-17-26-24(18-31-27)23(29(33)34)16-25(32-26)22-12-10-21(11-13-22)20-8-6-19(7-9-20)4-3-15-36-28-5-1-2-14-35-28/h6-13,16-18,28H,1-5,14-15H2,(H,33,34). The highest BCUT2D eigenvalue weighted by Gasteiger charge is 2.15. The zero-order chi connectivity index (χ0) is 24.9. The van der Waals surface area contributed by atoms with Gasteiger partial charge in [0.15, 0.2) is 6.29 Å². The van der Waals surface area contributed by atoms with Gasteiger partial charge in [-0.15, -0.1) is 0 Å². The molecule has 1 fully saturated rings. The first-order chi connectivity index (χ1) is 17.6. The Morgan fingerprint density at radius 2 is 1.75 bits per heavy atom. The van der Waals surface area contributed by atoms with Crippen molar-refractivity contribution in [3.8, 4) is 22.4 Å². The van der Waals surface area contributed by atoms with Gasteiger partial charge in [-0.25, -0.2) is 14.8 Å². The summed E-state index contributed by atoms with van der Waals surface area (Å²) < 4.78 is 11.4. The van der Waals surface area contributed by atoms with Gasteiger partial charge in [-0.1, -0.05) is 60.1 Å². The van der Waals surface area contributed by atoms with Crippen molar-refractivity contribution in [2.45, 2.75) is 38.4 Å². The number of aryl methyl sites for hydroxylation is 1. The fourth-order valence-electron chi connectivity index (χ4n) is 4.45. The van der Waals surface area contributed by atoms with Crippen molar-refractivity contribution < 1.29 is 19.4 Å². The summed E-state index contributed by atoms with van der Waals surface area (Å²) in [5.41, 5.74) is 5.52. The number of carboxylic acid groups (broad SMARTS) is 1. The van der Waals surface area contributed by atoms with E-state index in [1.807, 2.05) is 24.3 Å². The van der Waals surface area contributed by atoms with Crippen molar-refractivity contribution in [2.24, 2.45) is 0 Å². The van der Waals surface area contributed by atoms with Crippen LogP contribution in [0.5, 0.6) is 0 Å². The second kappa shape index (κ2) is 11.2. The van der Waals surface area contributed by atoms with E-state index >= 15 is 0 Å². The molecule has 0 spiro atoms. The normalized spacial score (nSPS) is 15.8. The molecule has 1 N–H and O–H groups in total. The van der Waals surface area contributed by atoms with Gasteiger partial charge in [0.25, 0.3) is 0 Å². The Bertz CT molecular complexity index is 1350. The highest BCUT2D eigenvalue weighted by molar-refractivity contribution is 6.30. The molecular formula is C29H27ClN2O4. The number of aromatic nitrogens is 2. The predicted molar refractivity (Wildman–Crippen MR) is 140 cm³/mol. The molecule has 2 aromatic heterocycles. The van der Waals surface area contributed by atoms with Crippen molar-refractivity contribution in [3.63, 3.8) is 0 Å². The van der Waals surface area contributed by atoms with Crippen LogP contribution in [0.25, 0.3) is 33.3 Å². The van der Waals surface area contributed by atoms with E-state index in [2.05, 4.69) is 34.2 Å². The maximum Gasteiger partial charge on any atom is 0.336 e. The maximum absolute atomic E-state index is 11.8. The summed E-state index contributed by atoms with van der Waals surface area (Å²) in [4.78, 5) is 20.4. The van der Waals surface area contributed by atoms with E-state index in [4.69, 9.17) is 21.1 Å². The lowest BCUT2D eigenvalue weighted by Crippen LogP contribution is -2.22. The van der Waals surface area contributed by atoms with Gasteiger partial charge in [0.05, 0.1) is 23.4 Å². The molecule has 0 radical (unpaired) electrons. The fourth-order valence-corrected chi connectivity index (χ4v) is 4.60. The van der Waals surface area contributed by atoms with Gasteiger partial charge in [-0.2, -0.15) is 0 Å². The third-order valence-corrected chi connectivity index (χ3v) is 6.62. The monoisotopic (exact) mass is 502 g/mol. The number of benzene rings is 2. The molecule has 2 aromatic carbocycles. The molecule has 36 heavy (non-hydrogen) atoms. The molecule has 1 saturated heterocycles. The number of rotatable bonds is 8. The van der Waals surface area contributed by atoms with E-state index in [1.165, 1.54) is 18.2 Å². The van der Waals surface area contributed by atoms with Crippen LogP contribution in [0.2, 0.25) is 5.15 Å². The van der Waals surface area contributed by atoms with Crippen molar-refractivity contribution in [1.29, 1.82) is 0 Å². The first-order valence-corrected chi connectivity index (χ1v) is 12.6. The zero-order valence-electron chi connectivity index (χ0n) is 19.8. The topological polar surface area (TPSA) is 81.5 Å². The Morgan fingerprint density at radius 3 is 2.44 bits per heavy atom. The Kier molecular flexibility index (Phi) is 7.56. The molecule has 7 heteroatoms. The summed E-state index contributed by atoms with van der Waals surface area (Å²) in [5.74, 6) is -1.03. The average Bonchev–Trinajstić information content (AvgIpc) is 2.91. The number of carbonyl (C=O) groups is 1. The van der Waals surface area contributed by atoms with Crippen molar-refractivity contribution in [2.75, 3.05) is 13.2 Å². The van der Waals surface area contributed by atoms with Crippen LogP contribution >= 0.6 is 11.6 Å². The van der Waals surface area contributed by atoms with E-state index in [0.717, 1.165) is 49.0 Å². The maximum atomic E-state index is 11.8. The minimum atomic E-state index is -1.03. The minimum Gasteiger partial charge on any atom is -0.478 e. The summed E-state index contributed by atoms with van der Waals surface area (Å²) >= 11 is 6.01. The van der Waals surface area contributed by atoms with Gasteiger partial charge < -0.3 is 14.6 Å². The Balaban J connectivity index is 1.25. The molecule has 184 valence electrons. The van der Waals surface area contributed by atoms with Crippen molar-refractivity contribution >= 4 is 28.5 Å². The highest BCUT2D eigenvalue weighted by Crippen LogP contribution is 2.28. The van der Waals surface area contributed by atoms with Gasteiger partial charge in [0.2, 0.25) is 0 Å². The number of nitrogens with zero attached hydrogens (tertiary/aromatic N) is 2. The third-order valence-electron chi connectivity index (χ3n) is 6.41. The predicted octanol–water partition coefficient (Wildman–Crippen LogP) is 6.79. The molecule has 0 bridgehead atoms. The van der Waals surface area contributed by atoms with Crippen LogP contribution in [0, 0.1) is 0 Å². The molecule has 5 rings (SSSR count). The van der Waals surface area contributed by atoms with Crippen molar-refractivity contribution in [3.05, 3.63) is 83.1 Å². The number of pyridine rings is 2. The fraction of sp³-hybridized carbons (Fsp3) is 0.276. The summed E-state index contributed by atoms with van der Waals surface area (Å²) in [6, 6.07) is 19.7. The molecule has 1 atom stereocenters. The molecule has 1 aliphatic heterocycles. The largest absolute Gasteiger partial charge is 0.478 e. The van der Waals surface area contributed by atoms with Gasteiger partial charge in [-0.3, -0.25) is 0 Å². The van der Waals surface area contributed by atoms with Gasteiger partial charge in [0.1, 0.15) is 5.15 Å². The van der Waals surface area contributed by atoms with Crippen LogP contribution in [0.15, 0.2) is 66.9 Å². The average molecular weight is 503 g/mol. The molecule has 3 heterocycles. The number of hydrogen-bond donors (Lipinski definition) is 1. The number of aromatic carboxylic acids is 1. The van der Waals surface area contributed by atoms with Gasteiger partial charge in [-0.05, 0) is 54.9 Å². The molecule has 1 aliphatic rings. The van der Waals surface area contributed by atoms with Gasteiger partial charge >= 0.3 is 5.97 Å². The summed E-state index contributed by atoms with van der Waals surface area (Å²) in [5, 5.41) is 10.4. The van der Waals surface area contributed by atoms with E-state index < -0.39 is 5.97 Å². The Labute approximate surface area is 214 Å². The van der Waals surface area contributed by atoms with E-state index in [9.17, 15) is 9.90 Å². The molecule has 1 unspecified atom stereocenters. The second-order valence-electron chi connectivity index (χ2n) is 8.93. The second-order valence-corrected chi connectivity index (χ2v) is 9.32. The van der Waals surface area contributed by atoms with Crippen LogP contribution in [0.1, 0.15) is 41.6 Å². The first kappa shape index (κ1) is 24.4. The van der Waals surface area contributed by atoms with E-state index in [0.29, 0.717) is 23.2 Å². The Hall–Kier alpha value is -3.32. The smallest absolute Gasteiger partial charge is 0.336 e. The number of ether oxygens (including phenoxy) is 2. The minimum absolute atomic E-state index is 0.0283. The van der Waals surface area contributed by atoms with Crippen LogP contribution in [-0.4, -0.2) is 40.5 Å². The molecule has 0 aliphatic carbocycles. The molecule has 6 nitrogen and oxygen atoms in total. The summed E-state index contributed by atoms with van der Waals surface area (Å²) in [6.07, 6.45) is 6.66. The van der Waals surface area contributed by atoms with Crippen LogP contribution in [-0.2, 0) is 15.9 Å². The molecule has 4 aromatic rings.